The smallest absolute Gasteiger partial charge is 0.277 e. The number of hydrogen-bond acceptors (Lipinski definition) is 6. The van der Waals surface area contributed by atoms with Crippen molar-refractivity contribution in [1.29, 1.82) is 0 Å². The van der Waals surface area contributed by atoms with Gasteiger partial charge < -0.3 is 14.1 Å². The molecule has 7 nitrogen and oxygen atoms in total. The van der Waals surface area contributed by atoms with Gasteiger partial charge in [0.15, 0.2) is 12.5 Å². The first-order valence-corrected chi connectivity index (χ1v) is 8.84. The first-order chi connectivity index (χ1) is 13.2. The molecule has 2 heterocycles. The van der Waals surface area contributed by atoms with Crippen LogP contribution in [0.1, 0.15) is 19.6 Å². The Morgan fingerprint density at radius 1 is 1.22 bits per heavy atom. The molecule has 0 saturated carbocycles. The number of anilines is 1. The normalized spacial score (nSPS) is 11.0. The fourth-order valence-corrected chi connectivity index (χ4v) is 2.65. The van der Waals surface area contributed by atoms with Gasteiger partial charge in [0.25, 0.3) is 5.91 Å². The molecule has 0 aliphatic heterocycles. The number of hydrazone groups is 1. The Morgan fingerprint density at radius 2 is 2.04 bits per heavy atom. The molecule has 140 valence electrons. The van der Waals surface area contributed by atoms with Crippen LogP contribution in [0.2, 0.25) is 0 Å². The van der Waals surface area contributed by atoms with E-state index in [0.717, 1.165) is 29.9 Å². The molecule has 2 aromatic heterocycles. The first-order valence-electron chi connectivity index (χ1n) is 8.84. The third-order valence-corrected chi connectivity index (χ3v) is 4.02. The molecule has 7 heteroatoms. The van der Waals surface area contributed by atoms with Gasteiger partial charge in [0.05, 0.1) is 6.21 Å². The van der Waals surface area contributed by atoms with E-state index in [4.69, 9.17) is 9.15 Å². The number of hydrogen-bond donors (Lipinski definition) is 1. The van der Waals surface area contributed by atoms with Crippen molar-refractivity contribution >= 4 is 28.9 Å². The monoisotopic (exact) mass is 366 g/mol. The predicted molar refractivity (Wildman–Crippen MR) is 105 cm³/mol. The van der Waals surface area contributed by atoms with Gasteiger partial charge in [0.1, 0.15) is 17.0 Å². The van der Waals surface area contributed by atoms with E-state index in [-0.39, 0.29) is 12.5 Å². The second kappa shape index (κ2) is 8.84. The maximum absolute atomic E-state index is 11.9. The molecule has 0 atom stereocenters. The molecule has 0 bridgehead atoms. The van der Waals surface area contributed by atoms with Gasteiger partial charge in [-0.2, -0.15) is 5.10 Å². The molecule has 27 heavy (non-hydrogen) atoms. The number of fused-ring (bicyclic) bond motifs is 1. The molecular weight excluding hydrogens is 344 g/mol. The van der Waals surface area contributed by atoms with Gasteiger partial charge in [0.2, 0.25) is 0 Å². The highest BCUT2D eigenvalue weighted by Gasteiger charge is 2.07. The van der Waals surface area contributed by atoms with E-state index < -0.39 is 0 Å². The predicted octanol–water partition coefficient (Wildman–Crippen LogP) is 3.20. The maximum atomic E-state index is 11.9. The van der Waals surface area contributed by atoms with E-state index in [9.17, 15) is 4.79 Å². The summed E-state index contributed by atoms with van der Waals surface area (Å²) in [4.78, 5) is 18.3. The van der Waals surface area contributed by atoms with Crippen LogP contribution in [0, 0.1) is 0 Å². The van der Waals surface area contributed by atoms with Crippen molar-refractivity contribution in [3.05, 3.63) is 54.4 Å². The first kappa shape index (κ1) is 18.4. The number of pyridine rings is 1. The SMILES string of the molecule is CCN(CC)c1ccc(/C=N/NC(=O)COc2cccc3cccnc23)o1. The molecule has 3 aromatic rings. The van der Waals surface area contributed by atoms with Crippen molar-refractivity contribution in [2.45, 2.75) is 13.8 Å². The van der Waals surface area contributed by atoms with Crippen molar-refractivity contribution in [3.63, 3.8) is 0 Å². The molecule has 0 fully saturated rings. The average Bonchev–Trinajstić information content (AvgIpc) is 3.16. The van der Waals surface area contributed by atoms with Crippen molar-refractivity contribution < 1.29 is 13.9 Å². The lowest BCUT2D eigenvalue weighted by Crippen LogP contribution is -2.24. The van der Waals surface area contributed by atoms with Crippen molar-refractivity contribution in [3.8, 4) is 5.75 Å². The number of furan rings is 1. The third kappa shape index (κ3) is 4.63. The zero-order chi connectivity index (χ0) is 19.1. The molecule has 1 aromatic carbocycles. The largest absolute Gasteiger partial charge is 0.481 e. The quantitative estimate of drug-likeness (QED) is 0.489. The third-order valence-electron chi connectivity index (χ3n) is 4.02. The van der Waals surface area contributed by atoms with Crippen LogP contribution in [0.25, 0.3) is 10.9 Å². The van der Waals surface area contributed by atoms with Crippen LogP contribution in [0.5, 0.6) is 5.75 Å². The maximum Gasteiger partial charge on any atom is 0.277 e. The number of nitrogens with one attached hydrogen (secondary N) is 1. The summed E-state index contributed by atoms with van der Waals surface area (Å²) >= 11 is 0. The number of carbonyl (C=O) groups is 1. The average molecular weight is 366 g/mol. The summed E-state index contributed by atoms with van der Waals surface area (Å²) in [7, 11) is 0. The van der Waals surface area contributed by atoms with Gasteiger partial charge in [-0.05, 0) is 32.0 Å². The second-order valence-electron chi connectivity index (χ2n) is 5.76. The van der Waals surface area contributed by atoms with Crippen LogP contribution in [0.4, 0.5) is 5.88 Å². The molecule has 0 spiro atoms. The number of rotatable bonds is 8. The van der Waals surface area contributed by atoms with E-state index in [1.165, 1.54) is 6.21 Å². The minimum absolute atomic E-state index is 0.157. The molecular formula is C20H22N4O3. The molecule has 0 saturated heterocycles. The lowest BCUT2D eigenvalue weighted by Gasteiger charge is -2.16. The van der Waals surface area contributed by atoms with Crippen LogP contribution in [-0.4, -0.2) is 36.8 Å². The Labute approximate surface area is 157 Å². The number of ether oxygens (including phenoxy) is 1. The zero-order valence-electron chi connectivity index (χ0n) is 15.4. The highest BCUT2D eigenvalue weighted by Crippen LogP contribution is 2.22. The van der Waals surface area contributed by atoms with E-state index in [2.05, 4.69) is 34.3 Å². The van der Waals surface area contributed by atoms with Crippen LogP contribution in [0.15, 0.2) is 58.2 Å². The summed E-state index contributed by atoms with van der Waals surface area (Å²) in [5.41, 5.74) is 3.15. The Hall–Kier alpha value is -3.35. The van der Waals surface area contributed by atoms with Gasteiger partial charge in [-0.25, -0.2) is 5.43 Å². The summed E-state index contributed by atoms with van der Waals surface area (Å²) in [5.74, 6) is 1.53. The topological polar surface area (TPSA) is 80.0 Å². The molecule has 3 rings (SSSR count). The number of aromatic nitrogens is 1. The van der Waals surface area contributed by atoms with E-state index in [1.807, 2.05) is 36.4 Å². The second-order valence-corrected chi connectivity index (χ2v) is 5.76. The fourth-order valence-electron chi connectivity index (χ4n) is 2.65. The lowest BCUT2D eigenvalue weighted by molar-refractivity contribution is -0.123. The molecule has 0 aliphatic carbocycles. The standard InChI is InChI=1S/C20H22N4O3/c1-3-24(4-2)19-11-10-16(27-19)13-22-23-18(25)14-26-17-9-5-7-15-8-6-12-21-20(15)17/h5-13H,3-4,14H2,1-2H3,(H,23,25)/b22-13+. The summed E-state index contributed by atoms with van der Waals surface area (Å²) in [6.07, 6.45) is 3.15. The summed E-state index contributed by atoms with van der Waals surface area (Å²) in [6, 6.07) is 13.1. The zero-order valence-corrected chi connectivity index (χ0v) is 15.4. The molecule has 1 N–H and O–H groups in total. The Balaban J connectivity index is 1.53. The van der Waals surface area contributed by atoms with Gasteiger partial charge in [0, 0.05) is 30.7 Å². The Kier molecular flexibility index (Phi) is 6.04. The number of para-hydroxylation sites is 1. The minimum Gasteiger partial charge on any atom is -0.481 e. The number of benzene rings is 1. The molecule has 0 aliphatic rings. The van der Waals surface area contributed by atoms with Crippen LogP contribution < -0.4 is 15.1 Å². The number of amides is 1. The summed E-state index contributed by atoms with van der Waals surface area (Å²) < 4.78 is 11.2. The van der Waals surface area contributed by atoms with E-state index in [0.29, 0.717) is 11.5 Å². The van der Waals surface area contributed by atoms with Crippen LogP contribution in [-0.2, 0) is 4.79 Å². The van der Waals surface area contributed by atoms with Gasteiger partial charge in [-0.15, -0.1) is 0 Å². The van der Waals surface area contributed by atoms with Crippen LogP contribution >= 0.6 is 0 Å². The van der Waals surface area contributed by atoms with Crippen LogP contribution in [0.3, 0.4) is 0 Å². The molecule has 0 unspecified atom stereocenters. The number of nitrogens with zero attached hydrogens (tertiary/aromatic N) is 3. The summed E-state index contributed by atoms with van der Waals surface area (Å²) in [5, 5.41) is 4.86. The van der Waals surface area contributed by atoms with E-state index >= 15 is 0 Å². The highest BCUT2D eigenvalue weighted by molar-refractivity contribution is 5.85. The number of carbonyl (C=O) groups excluding carboxylic acids is 1. The van der Waals surface area contributed by atoms with Gasteiger partial charge in [-0.3, -0.25) is 9.78 Å². The Bertz CT molecular complexity index is 926. The minimum atomic E-state index is -0.366. The van der Waals surface area contributed by atoms with E-state index in [1.54, 1.807) is 12.3 Å². The van der Waals surface area contributed by atoms with Crippen molar-refractivity contribution in [1.82, 2.24) is 10.4 Å². The molecule has 0 radical (unpaired) electrons. The van der Waals surface area contributed by atoms with Crippen molar-refractivity contribution in [2.24, 2.45) is 5.10 Å². The highest BCUT2D eigenvalue weighted by atomic mass is 16.5. The molecule has 1 amide bonds. The Morgan fingerprint density at radius 3 is 2.85 bits per heavy atom. The fraction of sp³-hybridized carbons (Fsp3) is 0.250. The lowest BCUT2D eigenvalue weighted by atomic mass is 10.2. The van der Waals surface area contributed by atoms with Gasteiger partial charge in [-0.1, -0.05) is 18.2 Å². The summed E-state index contributed by atoms with van der Waals surface area (Å²) in [6.45, 7) is 5.68. The van der Waals surface area contributed by atoms with Gasteiger partial charge >= 0.3 is 0 Å². The van der Waals surface area contributed by atoms with Crippen molar-refractivity contribution in [2.75, 3.05) is 24.6 Å².